The minimum absolute atomic E-state index is 0.0900. The summed E-state index contributed by atoms with van der Waals surface area (Å²) in [5.74, 6) is -0.216. The smallest absolute Gasteiger partial charge is 0.292 e. The number of nitrogens with one attached hydrogen (secondary N) is 2. The van der Waals surface area contributed by atoms with Crippen LogP contribution in [0, 0.1) is 10.1 Å². The van der Waals surface area contributed by atoms with E-state index in [-0.39, 0.29) is 17.3 Å². The summed E-state index contributed by atoms with van der Waals surface area (Å²) in [4.78, 5) is 23.3. The average Bonchev–Trinajstić information content (AvgIpc) is 2.40. The van der Waals surface area contributed by atoms with Crippen LogP contribution in [-0.2, 0) is 9.53 Å². The summed E-state index contributed by atoms with van der Waals surface area (Å²) in [6, 6.07) is 6.13. The first-order valence-corrected chi connectivity index (χ1v) is 6.11. The molecular formula is C12H16N3O4+. The molecule has 0 aromatic heterocycles. The van der Waals surface area contributed by atoms with Crippen LogP contribution in [0.5, 0.6) is 0 Å². The maximum absolute atomic E-state index is 11.9. The number of ether oxygens (including phenoxy) is 1. The van der Waals surface area contributed by atoms with E-state index in [0.717, 1.165) is 18.0 Å². The molecule has 1 aromatic carbocycles. The fraction of sp³-hybridized carbons (Fsp3) is 0.417. The van der Waals surface area contributed by atoms with E-state index in [2.05, 4.69) is 5.32 Å². The van der Waals surface area contributed by atoms with Gasteiger partial charge in [-0.2, -0.15) is 0 Å². The number of nitrogens with zero attached hydrogens (tertiary/aromatic N) is 1. The molecule has 1 heterocycles. The van der Waals surface area contributed by atoms with Crippen molar-refractivity contribution in [2.24, 2.45) is 0 Å². The molecule has 19 heavy (non-hydrogen) atoms. The highest BCUT2D eigenvalue weighted by atomic mass is 16.6. The van der Waals surface area contributed by atoms with E-state index >= 15 is 0 Å². The molecule has 0 bridgehead atoms. The summed E-state index contributed by atoms with van der Waals surface area (Å²) in [7, 11) is 0. The number of quaternary nitrogens is 1. The van der Waals surface area contributed by atoms with Crippen molar-refractivity contribution in [3.63, 3.8) is 0 Å². The third-order valence-electron chi connectivity index (χ3n) is 2.99. The van der Waals surface area contributed by atoms with Crippen LogP contribution in [0.2, 0.25) is 0 Å². The Morgan fingerprint density at radius 3 is 2.74 bits per heavy atom. The van der Waals surface area contributed by atoms with E-state index < -0.39 is 4.92 Å². The molecule has 0 saturated carbocycles. The van der Waals surface area contributed by atoms with Crippen molar-refractivity contribution in [3.8, 4) is 0 Å². The molecule has 0 aliphatic carbocycles. The monoisotopic (exact) mass is 266 g/mol. The lowest BCUT2D eigenvalue weighted by Gasteiger charge is -2.22. The molecule has 0 unspecified atom stereocenters. The Kier molecular flexibility index (Phi) is 4.43. The first-order chi connectivity index (χ1) is 9.16. The van der Waals surface area contributed by atoms with E-state index in [1.807, 2.05) is 0 Å². The normalized spacial score (nSPS) is 16.0. The zero-order valence-electron chi connectivity index (χ0n) is 10.4. The highest BCUT2D eigenvalue weighted by Gasteiger charge is 2.20. The molecule has 1 aliphatic heterocycles. The summed E-state index contributed by atoms with van der Waals surface area (Å²) >= 11 is 0. The fourth-order valence-electron chi connectivity index (χ4n) is 2.00. The molecule has 2 rings (SSSR count). The lowest BCUT2D eigenvalue weighted by Crippen LogP contribution is -3.15. The standard InChI is InChI=1S/C12H15N3O4/c16-12(9-14-5-7-19-8-6-14)13-10-3-1-2-4-11(10)15(17)18/h1-4H,5-9H2,(H,13,16)/p+1. The largest absolute Gasteiger partial charge is 0.370 e. The van der Waals surface area contributed by atoms with Gasteiger partial charge in [-0.3, -0.25) is 14.9 Å². The zero-order chi connectivity index (χ0) is 13.7. The summed E-state index contributed by atoms with van der Waals surface area (Å²) in [5.41, 5.74) is 0.151. The summed E-state index contributed by atoms with van der Waals surface area (Å²) < 4.78 is 5.21. The van der Waals surface area contributed by atoms with Gasteiger partial charge in [0.2, 0.25) is 0 Å². The second-order valence-corrected chi connectivity index (χ2v) is 4.36. The number of nitro groups is 1. The number of benzene rings is 1. The van der Waals surface area contributed by atoms with Crippen molar-refractivity contribution in [1.29, 1.82) is 0 Å². The number of nitro benzene ring substituents is 1. The van der Waals surface area contributed by atoms with Crippen LogP contribution in [0.15, 0.2) is 24.3 Å². The van der Waals surface area contributed by atoms with E-state index in [4.69, 9.17) is 4.74 Å². The third-order valence-corrected chi connectivity index (χ3v) is 2.99. The third kappa shape index (κ3) is 3.73. The van der Waals surface area contributed by atoms with Gasteiger partial charge in [-0.15, -0.1) is 0 Å². The molecule has 1 aromatic rings. The van der Waals surface area contributed by atoms with Gasteiger partial charge < -0.3 is 15.0 Å². The molecule has 0 atom stereocenters. The number of amides is 1. The van der Waals surface area contributed by atoms with E-state index in [0.29, 0.717) is 19.8 Å². The number of rotatable bonds is 4. The Morgan fingerprint density at radius 2 is 2.05 bits per heavy atom. The molecule has 7 nitrogen and oxygen atoms in total. The van der Waals surface area contributed by atoms with Crippen molar-refractivity contribution >= 4 is 17.3 Å². The fourth-order valence-corrected chi connectivity index (χ4v) is 2.00. The molecular weight excluding hydrogens is 250 g/mol. The van der Waals surface area contributed by atoms with Crippen molar-refractivity contribution in [3.05, 3.63) is 34.4 Å². The van der Waals surface area contributed by atoms with Gasteiger partial charge in [0.1, 0.15) is 18.8 Å². The quantitative estimate of drug-likeness (QED) is 0.565. The zero-order valence-corrected chi connectivity index (χ0v) is 10.4. The van der Waals surface area contributed by atoms with Crippen LogP contribution in [0.3, 0.4) is 0 Å². The van der Waals surface area contributed by atoms with Crippen LogP contribution in [0.25, 0.3) is 0 Å². The molecule has 1 aliphatic rings. The Balaban J connectivity index is 1.96. The minimum Gasteiger partial charge on any atom is -0.370 e. The second kappa shape index (κ2) is 6.26. The maximum atomic E-state index is 11.9. The molecule has 2 N–H and O–H groups in total. The van der Waals surface area contributed by atoms with Crippen molar-refractivity contribution in [2.75, 3.05) is 38.2 Å². The second-order valence-electron chi connectivity index (χ2n) is 4.36. The van der Waals surface area contributed by atoms with Crippen molar-refractivity contribution in [2.45, 2.75) is 0 Å². The Labute approximate surface area is 110 Å². The molecule has 0 spiro atoms. The number of anilines is 1. The predicted molar refractivity (Wildman–Crippen MR) is 68.1 cm³/mol. The highest BCUT2D eigenvalue weighted by Crippen LogP contribution is 2.22. The number of carbonyl (C=O) groups is 1. The van der Waals surface area contributed by atoms with Gasteiger partial charge in [0.05, 0.1) is 18.1 Å². The van der Waals surface area contributed by atoms with Gasteiger partial charge in [-0.05, 0) is 6.07 Å². The number of para-hydroxylation sites is 2. The van der Waals surface area contributed by atoms with E-state index in [9.17, 15) is 14.9 Å². The van der Waals surface area contributed by atoms with Crippen LogP contribution in [0.1, 0.15) is 0 Å². The summed E-state index contributed by atoms with van der Waals surface area (Å²) in [6.07, 6.45) is 0. The van der Waals surface area contributed by atoms with Crippen LogP contribution in [0.4, 0.5) is 11.4 Å². The van der Waals surface area contributed by atoms with E-state index in [1.54, 1.807) is 12.1 Å². The first-order valence-electron chi connectivity index (χ1n) is 6.11. The molecule has 7 heteroatoms. The van der Waals surface area contributed by atoms with Crippen LogP contribution < -0.4 is 10.2 Å². The summed E-state index contributed by atoms with van der Waals surface area (Å²) in [6.45, 7) is 3.16. The van der Waals surface area contributed by atoms with Gasteiger partial charge in [0.15, 0.2) is 6.54 Å². The van der Waals surface area contributed by atoms with E-state index in [1.165, 1.54) is 12.1 Å². The Bertz CT molecular complexity index is 472. The topological polar surface area (TPSA) is 85.9 Å². The van der Waals surface area contributed by atoms with Crippen molar-refractivity contribution in [1.82, 2.24) is 0 Å². The van der Waals surface area contributed by atoms with Gasteiger partial charge in [-0.1, -0.05) is 12.1 Å². The predicted octanol–water partition coefficient (Wildman–Crippen LogP) is -0.552. The van der Waals surface area contributed by atoms with Gasteiger partial charge in [0.25, 0.3) is 11.6 Å². The summed E-state index contributed by atoms with van der Waals surface area (Å²) in [5, 5.41) is 13.4. The van der Waals surface area contributed by atoms with Gasteiger partial charge >= 0.3 is 0 Å². The number of carbonyl (C=O) groups excluding carboxylic acids is 1. The lowest BCUT2D eigenvalue weighted by molar-refractivity contribution is -0.899. The SMILES string of the molecule is O=C(C[NH+]1CCOCC1)Nc1ccccc1[N+](=O)[O-]. The molecule has 102 valence electrons. The molecule has 1 fully saturated rings. The maximum Gasteiger partial charge on any atom is 0.292 e. The number of hydrogen-bond donors (Lipinski definition) is 2. The van der Waals surface area contributed by atoms with Gasteiger partial charge in [0, 0.05) is 6.07 Å². The molecule has 1 amide bonds. The Hall–Kier alpha value is -1.99. The van der Waals surface area contributed by atoms with Crippen LogP contribution >= 0.6 is 0 Å². The highest BCUT2D eigenvalue weighted by molar-refractivity contribution is 5.93. The lowest BCUT2D eigenvalue weighted by atomic mass is 10.2. The number of morpholine rings is 1. The molecule has 0 radical (unpaired) electrons. The number of hydrogen-bond acceptors (Lipinski definition) is 4. The average molecular weight is 266 g/mol. The molecule has 1 saturated heterocycles. The minimum atomic E-state index is -0.503. The van der Waals surface area contributed by atoms with Crippen LogP contribution in [-0.4, -0.2) is 43.7 Å². The first kappa shape index (κ1) is 13.4. The Morgan fingerprint density at radius 1 is 1.37 bits per heavy atom. The van der Waals surface area contributed by atoms with Gasteiger partial charge in [-0.25, -0.2) is 0 Å². The van der Waals surface area contributed by atoms with Crippen molar-refractivity contribution < 1.29 is 19.4 Å².